The SMILES string of the molecule is CC(N)Cc1cnc(N(C)C2CCCCC2)nc1. The van der Waals surface area contributed by atoms with E-state index in [0.717, 1.165) is 17.9 Å². The van der Waals surface area contributed by atoms with E-state index in [1.165, 1.54) is 32.1 Å². The van der Waals surface area contributed by atoms with Gasteiger partial charge in [-0.05, 0) is 31.7 Å². The number of aromatic nitrogens is 2. The van der Waals surface area contributed by atoms with Crippen LogP contribution in [-0.4, -0.2) is 29.1 Å². The van der Waals surface area contributed by atoms with E-state index >= 15 is 0 Å². The molecule has 0 saturated heterocycles. The van der Waals surface area contributed by atoms with Crippen molar-refractivity contribution in [2.24, 2.45) is 5.73 Å². The van der Waals surface area contributed by atoms with Gasteiger partial charge in [0.25, 0.3) is 0 Å². The average Bonchev–Trinajstić information content (AvgIpc) is 2.39. The van der Waals surface area contributed by atoms with Crippen molar-refractivity contribution >= 4 is 5.95 Å². The van der Waals surface area contributed by atoms with Crippen LogP contribution in [-0.2, 0) is 6.42 Å². The van der Waals surface area contributed by atoms with E-state index in [9.17, 15) is 0 Å². The first-order valence-corrected chi connectivity index (χ1v) is 6.96. The van der Waals surface area contributed by atoms with Crippen LogP contribution in [0.15, 0.2) is 12.4 Å². The van der Waals surface area contributed by atoms with Gasteiger partial charge in [-0.25, -0.2) is 9.97 Å². The number of anilines is 1. The van der Waals surface area contributed by atoms with Gasteiger partial charge in [0.15, 0.2) is 0 Å². The first kappa shape index (κ1) is 13.3. The van der Waals surface area contributed by atoms with E-state index in [1.807, 2.05) is 19.3 Å². The Labute approximate surface area is 110 Å². The van der Waals surface area contributed by atoms with Gasteiger partial charge in [0.1, 0.15) is 0 Å². The maximum atomic E-state index is 5.77. The van der Waals surface area contributed by atoms with Crippen molar-refractivity contribution in [2.45, 2.75) is 57.5 Å². The Hall–Kier alpha value is -1.16. The number of rotatable bonds is 4. The van der Waals surface area contributed by atoms with Gasteiger partial charge in [0.05, 0.1) is 0 Å². The minimum Gasteiger partial charge on any atom is -0.341 e. The Kier molecular flexibility index (Phi) is 4.53. The first-order valence-electron chi connectivity index (χ1n) is 6.96. The largest absolute Gasteiger partial charge is 0.341 e. The second-order valence-electron chi connectivity index (χ2n) is 5.48. The molecular weight excluding hydrogens is 224 g/mol. The van der Waals surface area contributed by atoms with E-state index in [-0.39, 0.29) is 6.04 Å². The molecule has 0 aromatic carbocycles. The Morgan fingerprint density at radius 3 is 2.44 bits per heavy atom. The van der Waals surface area contributed by atoms with E-state index in [0.29, 0.717) is 6.04 Å². The van der Waals surface area contributed by atoms with Crippen LogP contribution in [0.3, 0.4) is 0 Å². The fraction of sp³-hybridized carbons (Fsp3) is 0.714. The zero-order valence-corrected chi connectivity index (χ0v) is 11.5. The van der Waals surface area contributed by atoms with Gasteiger partial charge >= 0.3 is 0 Å². The molecule has 0 spiro atoms. The smallest absolute Gasteiger partial charge is 0.225 e. The van der Waals surface area contributed by atoms with Crippen LogP contribution in [0.1, 0.15) is 44.6 Å². The molecule has 2 N–H and O–H groups in total. The third-order valence-electron chi connectivity index (χ3n) is 3.69. The zero-order valence-electron chi connectivity index (χ0n) is 11.5. The molecule has 1 aromatic heterocycles. The molecule has 18 heavy (non-hydrogen) atoms. The second kappa shape index (κ2) is 6.14. The highest BCUT2D eigenvalue weighted by Gasteiger charge is 2.19. The first-order chi connectivity index (χ1) is 8.66. The summed E-state index contributed by atoms with van der Waals surface area (Å²) < 4.78 is 0. The summed E-state index contributed by atoms with van der Waals surface area (Å²) in [5.41, 5.74) is 6.89. The Bertz CT molecular complexity index is 355. The van der Waals surface area contributed by atoms with Crippen LogP contribution in [0.25, 0.3) is 0 Å². The van der Waals surface area contributed by atoms with Crippen LogP contribution in [0.2, 0.25) is 0 Å². The Balaban J connectivity index is 1.99. The average molecular weight is 248 g/mol. The molecule has 0 aliphatic heterocycles. The van der Waals surface area contributed by atoms with E-state index < -0.39 is 0 Å². The molecule has 1 saturated carbocycles. The summed E-state index contributed by atoms with van der Waals surface area (Å²) in [6.07, 6.45) is 11.2. The van der Waals surface area contributed by atoms with Gasteiger partial charge in [-0.15, -0.1) is 0 Å². The summed E-state index contributed by atoms with van der Waals surface area (Å²) in [7, 11) is 2.11. The van der Waals surface area contributed by atoms with Crippen molar-refractivity contribution in [1.29, 1.82) is 0 Å². The van der Waals surface area contributed by atoms with Gasteiger partial charge in [-0.1, -0.05) is 19.3 Å². The van der Waals surface area contributed by atoms with Crippen molar-refractivity contribution in [3.63, 3.8) is 0 Å². The normalized spacial score (nSPS) is 18.6. The van der Waals surface area contributed by atoms with Crippen molar-refractivity contribution in [1.82, 2.24) is 9.97 Å². The van der Waals surface area contributed by atoms with Gasteiger partial charge in [0, 0.05) is 31.5 Å². The van der Waals surface area contributed by atoms with Gasteiger partial charge < -0.3 is 10.6 Å². The summed E-state index contributed by atoms with van der Waals surface area (Å²) in [6, 6.07) is 0.772. The van der Waals surface area contributed by atoms with Crippen molar-refractivity contribution < 1.29 is 0 Å². The molecule has 1 atom stereocenters. The predicted octanol–water partition coefficient (Wildman–Crippen LogP) is 2.14. The topological polar surface area (TPSA) is 55.0 Å². The molecule has 0 amide bonds. The molecule has 1 unspecified atom stereocenters. The van der Waals surface area contributed by atoms with Crippen LogP contribution < -0.4 is 10.6 Å². The minimum atomic E-state index is 0.163. The molecule has 1 aliphatic rings. The molecule has 0 radical (unpaired) electrons. The number of hydrogen-bond acceptors (Lipinski definition) is 4. The summed E-state index contributed by atoms with van der Waals surface area (Å²) in [6.45, 7) is 2.00. The van der Waals surface area contributed by atoms with Crippen molar-refractivity contribution in [3.8, 4) is 0 Å². The van der Waals surface area contributed by atoms with Crippen LogP contribution in [0.4, 0.5) is 5.95 Å². The molecular formula is C14H24N4. The molecule has 1 aliphatic carbocycles. The molecule has 1 heterocycles. The molecule has 0 bridgehead atoms. The highest BCUT2D eigenvalue weighted by molar-refractivity contribution is 5.30. The van der Waals surface area contributed by atoms with Crippen LogP contribution in [0.5, 0.6) is 0 Å². The van der Waals surface area contributed by atoms with E-state index in [2.05, 4.69) is 21.9 Å². The molecule has 4 nitrogen and oxygen atoms in total. The third kappa shape index (κ3) is 3.42. The maximum Gasteiger partial charge on any atom is 0.225 e. The zero-order chi connectivity index (χ0) is 13.0. The quantitative estimate of drug-likeness (QED) is 0.887. The van der Waals surface area contributed by atoms with E-state index in [4.69, 9.17) is 5.73 Å². The molecule has 100 valence electrons. The number of hydrogen-bond donors (Lipinski definition) is 1. The summed E-state index contributed by atoms with van der Waals surface area (Å²) in [5.74, 6) is 0.843. The van der Waals surface area contributed by atoms with Crippen molar-refractivity contribution in [2.75, 3.05) is 11.9 Å². The van der Waals surface area contributed by atoms with Gasteiger partial charge in [0.2, 0.25) is 5.95 Å². The standard InChI is InChI=1S/C14H24N4/c1-11(15)8-12-9-16-14(17-10-12)18(2)13-6-4-3-5-7-13/h9-11,13H,3-8,15H2,1-2H3. The highest BCUT2D eigenvalue weighted by Crippen LogP contribution is 2.23. The lowest BCUT2D eigenvalue weighted by Crippen LogP contribution is -2.34. The van der Waals surface area contributed by atoms with Gasteiger partial charge in [-0.3, -0.25) is 0 Å². The van der Waals surface area contributed by atoms with E-state index in [1.54, 1.807) is 0 Å². The van der Waals surface area contributed by atoms with Crippen LogP contribution in [0, 0.1) is 0 Å². The van der Waals surface area contributed by atoms with Crippen molar-refractivity contribution in [3.05, 3.63) is 18.0 Å². The third-order valence-corrected chi connectivity index (χ3v) is 3.69. The van der Waals surface area contributed by atoms with Gasteiger partial charge in [-0.2, -0.15) is 0 Å². The van der Waals surface area contributed by atoms with Crippen LogP contribution >= 0.6 is 0 Å². The second-order valence-corrected chi connectivity index (χ2v) is 5.48. The molecule has 2 rings (SSSR count). The highest BCUT2D eigenvalue weighted by atomic mass is 15.2. The Morgan fingerprint density at radius 1 is 1.28 bits per heavy atom. The lowest BCUT2D eigenvalue weighted by atomic mass is 9.95. The predicted molar refractivity (Wildman–Crippen MR) is 74.7 cm³/mol. The summed E-state index contributed by atoms with van der Waals surface area (Å²) in [5, 5.41) is 0. The fourth-order valence-electron chi connectivity index (χ4n) is 2.64. The maximum absolute atomic E-state index is 5.77. The minimum absolute atomic E-state index is 0.163. The monoisotopic (exact) mass is 248 g/mol. The fourth-order valence-corrected chi connectivity index (χ4v) is 2.64. The number of nitrogens with two attached hydrogens (primary N) is 1. The lowest BCUT2D eigenvalue weighted by Gasteiger charge is -2.31. The molecule has 1 aromatic rings. The molecule has 4 heteroatoms. The lowest BCUT2D eigenvalue weighted by molar-refractivity contribution is 0.424. The summed E-state index contributed by atoms with van der Waals surface area (Å²) in [4.78, 5) is 11.2. The number of nitrogens with zero attached hydrogens (tertiary/aromatic N) is 3. The summed E-state index contributed by atoms with van der Waals surface area (Å²) >= 11 is 0. The molecule has 1 fully saturated rings. The Morgan fingerprint density at radius 2 is 1.89 bits per heavy atom.